The van der Waals surface area contributed by atoms with Crippen LogP contribution in [0.25, 0.3) is 10.8 Å². The van der Waals surface area contributed by atoms with Crippen LogP contribution in [-0.4, -0.2) is 25.4 Å². The number of nitrogens with one attached hydrogen (secondary N) is 1. The second-order valence-corrected chi connectivity index (χ2v) is 5.36. The van der Waals surface area contributed by atoms with Gasteiger partial charge in [-0.2, -0.15) is 0 Å². The van der Waals surface area contributed by atoms with Crippen LogP contribution in [0.5, 0.6) is 5.75 Å². The Morgan fingerprint density at radius 3 is 2.52 bits per heavy atom. The van der Waals surface area contributed by atoms with Gasteiger partial charge in [0.05, 0.1) is 7.11 Å². The maximum Gasteiger partial charge on any atom is 0.119 e. The van der Waals surface area contributed by atoms with Gasteiger partial charge in [-0.3, -0.25) is 0 Å². The Labute approximate surface area is 126 Å². The van der Waals surface area contributed by atoms with Crippen LogP contribution in [0.4, 0.5) is 0 Å². The second kappa shape index (κ2) is 8.65. The first-order valence-electron chi connectivity index (χ1n) is 7.72. The van der Waals surface area contributed by atoms with Gasteiger partial charge < -0.3 is 15.2 Å². The molecule has 0 saturated heterocycles. The highest BCUT2D eigenvalue weighted by Gasteiger charge is 1.99. The number of fused-ring (bicyclic) bond motifs is 1. The summed E-state index contributed by atoms with van der Waals surface area (Å²) >= 11 is 0. The fourth-order valence-electron chi connectivity index (χ4n) is 2.46. The molecular formula is C18H25NO2. The minimum Gasteiger partial charge on any atom is -0.497 e. The number of rotatable bonds is 9. The minimum atomic E-state index is 0.315. The van der Waals surface area contributed by atoms with Gasteiger partial charge in [-0.25, -0.2) is 0 Å². The summed E-state index contributed by atoms with van der Waals surface area (Å²) < 4.78 is 5.24. The first-order valence-corrected chi connectivity index (χ1v) is 7.72. The summed E-state index contributed by atoms with van der Waals surface area (Å²) in [5, 5.41) is 14.7. The molecule has 0 bridgehead atoms. The Morgan fingerprint density at radius 2 is 1.71 bits per heavy atom. The number of hydrogen-bond donors (Lipinski definition) is 2. The highest BCUT2D eigenvalue weighted by atomic mass is 16.5. The number of unbranched alkanes of at least 4 members (excludes halogenated alkanes) is 3. The lowest BCUT2D eigenvalue weighted by atomic mass is 10.1. The highest BCUT2D eigenvalue weighted by Crippen LogP contribution is 2.21. The summed E-state index contributed by atoms with van der Waals surface area (Å²) in [6.07, 6.45) is 4.40. The van der Waals surface area contributed by atoms with Gasteiger partial charge in [0.2, 0.25) is 0 Å². The molecule has 2 N–H and O–H groups in total. The van der Waals surface area contributed by atoms with Gasteiger partial charge in [-0.1, -0.05) is 31.0 Å². The van der Waals surface area contributed by atoms with E-state index >= 15 is 0 Å². The summed E-state index contributed by atoms with van der Waals surface area (Å²) in [7, 11) is 1.69. The van der Waals surface area contributed by atoms with Gasteiger partial charge in [-0.05, 0) is 53.9 Å². The van der Waals surface area contributed by atoms with Crippen LogP contribution in [0.2, 0.25) is 0 Å². The largest absolute Gasteiger partial charge is 0.497 e. The molecule has 0 radical (unpaired) electrons. The first-order chi connectivity index (χ1) is 10.3. The highest BCUT2D eigenvalue weighted by molar-refractivity contribution is 5.84. The van der Waals surface area contributed by atoms with E-state index in [2.05, 4.69) is 35.6 Å². The third-order valence-corrected chi connectivity index (χ3v) is 3.70. The van der Waals surface area contributed by atoms with Crippen molar-refractivity contribution in [3.8, 4) is 5.75 Å². The number of ether oxygens (including phenoxy) is 1. The molecule has 0 aliphatic carbocycles. The lowest BCUT2D eigenvalue weighted by Gasteiger charge is -2.07. The van der Waals surface area contributed by atoms with Crippen LogP contribution < -0.4 is 10.1 Å². The predicted molar refractivity (Wildman–Crippen MR) is 87.8 cm³/mol. The molecule has 0 unspecified atom stereocenters. The van der Waals surface area contributed by atoms with Gasteiger partial charge in [0.15, 0.2) is 0 Å². The fourth-order valence-corrected chi connectivity index (χ4v) is 2.46. The smallest absolute Gasteiger partial charge is 0.119 e. The number of benzene rings is 2. The second-order valence-electron chi connectivity index (χ2n) is 5.36. The Morgan fingerprint density at radius 1 is 0.952 bits per heavy atom. The molecule has 0 aliphatic heterocycles. The normalized spacial score (nSPS) is 11.0. The quantitative estimate of drug-likeness (QED) is 0.694. The van der Waals surface area contributed by atoms with Gasteiger partial charge in [0.25, 0.3) is 0 Å². The van der Waals surface area contributed by atoms with Crippen LogP contribution in [0.1, 0.15) is 31.2 Å². The first kappa shape index (κ1) is 15.8. The standard InChI is InChI=1S/C18H25NO2/c1-21-18-9-8-16-12-15(6-7-17(16)13-18)14-19-10-4-2-3-5-11-20/h6-9,12-13,19-20H,2-5,10-11,14H2,1H3. The summed E-state index contributed by atoms with van der Waals surface area (Å²) in [6, 6.07) is 12.7. The van der Waals surface area contributed by atoms with Crippen LogP contribution >= 0.6 is 0 Å². The average Bonchev–Trinajstić information content (AvgIpc) is 2.53. The van der Waals surface area contributed by atoms with Crippen molar-refractivity contribution in [1.29, 1.82) is 0 Å². The zero-order valence-electron chi connectivity index (χ0n) is 12.8. The monoisotopic (exact) mass is 287 g/mol. The van der Waals surface area contributed by atoms with Crippen molar-refractivity contribution in [3.05, 3.63) is 42.0 Å². The van der Waals surface area contributed by atoms with E-state index in [4.69, 9.17) is 9.84 Å². The van der Waals surface area contributed by atoms with Crippen LogP contribution in [-0.2, 0) is 6.54 Å². The van der Waals surface area contributed by atoms with E-state index in [1.54, 1.807) is 7.11 Å². The number of hydrogen-bond acceptors (Lipinski definition) is 3. The van der Waals surface area contributed by atoms with Crippen molar-refractivity contribution in [2.75, 3.05) is 20.3 Å². The SMILES string of the molecule is COc1ccc2cc(CNCCCCCCO)ccc2c1. The number of methoxy groups -OCH3 is 1. The topological polar surface area (TPSA) is 41.5 Å². The molecule has 0 fully saturated rings. The predicted octanol–water partition coefficient (Wildman–Crippen LogP) is 3.49. The van der Waals surface area contributed by atoms with Gasteiger partial charge in [-0.15, -0.1) is 0 Å². The molecule has 0 heterocycles. The zero-order valence-corrected chi connectivity index (χ0v) is 12.8. The Hall–Kier alpha value is -1.58. The van der Waals surface area contributed by atoms with Crippen molar-refractivity contribution in [1.82, 2.24) is 5.32 Å². The third kappa shape index (κ3) is 5.03. The lowest BCUT2D eigenvalue weighted by Crippen LogP contribution is -2.14. The molecule has 114 valence electrons. The molecule has 2 aromatic carbocycles. The van der Waals surface area contributed by atoms with E-state index in [-0.39, 0.29) is 0 Å². The van der Waals surface area contributed by atoms with E-state index in [1.807, 2.05) is 6.07 Å². The molecule has 0 saturated carbocycles. The molecule has 2 rings (SSSR count). The zero-order chi connectivity index (χ0) is 14.9. The van der Waals surface area contributed by atoms with Crippen LogP contribution in [0.15, 0.2) is 36.4 Å². The van der Waals surface area contributed by atoms with Crippen molar-refractivity contribution < 1.29 is 9.84 Å². The maximum atomic E-state index is 8.71. The van der Waals surface area contributed by atoms with Gasteiger partial charge in [0, 0.05) is 13.2 Å². The summed E-state index contributed by atoms with van der Waals surface area (Å²) in [5.41, 5.74) is 1.31. The van der Waals surface area contributed by atoms with Crippen molar-refractivity contribution in [2.45, 2.75) is 32.2 Å². The molecule has 0 spiro atoms. The van der Waals surface area contributed by atoms with Crippen molar-refractivity contribution in [2.24, 2.45) is 0 Å². The molecule has 3 heteroatoms. The summed E-state index contributed by atoms with van der Waals surface area (Å²) in [5.74, 6) is 0.899. The van der Waals surface area contributed by atoms with Crippen LogP contribution in [0, 0.1) is 0 Å². The van der Waals surface area contributed by atoms with Crippen LogP contribution in [0.3, 0.4) is 0 Å². The van der Waals surface area contributed by atoms with Crippen molar-refractivity contribution in [3.63, 3.8) is 0 Å². The number of aliphatic hydroxyl groups excluding tert-OH is 1. The summed E-state index contributed by atoms with van der Waals surface area (Å²) in [6.45, 7) is 2.25. The van der Waals surface area contributed by atoms with E-state index < -0.39 is 0 Å². The third-order valence-electron chi connectivity index (χ3n) is 3.70. The maximum absolute atomic E-state index is 8.71. The molecule has 0 aliphatic rings. The van der Waals surface area contributed by atoms with Crippen molar-refractivity contribution >= 4 is 10.8 Å². The average molecular weight is 287 g/mol. The van der Waals surface area contributed by atoms with E-state index in [9.17, 15) is 0 Å². The Balaban J connectivity index is 1.80. The minimum absolute atomic E-state index is 0.315. The Kier molecular flexibility index (Phi) is 6.51. The molecule has 21 heavy (non-hydrogen) atoms. The van der Waals surface area contributed by atoms with Gasteiger partial charge >= 0.3 is 0 Å². The molecule has 0 aromatic heterocycles. The summed E-state index contributed by atoms with van der Waals surface area (Å²) in [4.78, 5) is 0. The van der Waals surface area contributed by atoms with E-state index in [0.717, 1.165) is 31.7 Å². The molecule has 0 atom stereocenters. The number of aliphatic hydroxyl groups is 1. The van der Waals surface area contributed by atoms with E-state index in [1.165, 1.54) is 29.2 Å². The van der Waals surface area contributed by atoms with E-state index in [0.29, 0.717) is 6.61 Å². The lowest BCUT2D eigenvalue weighted by molar-refractivity contribution is 0.282. The fraction of sp³-hybridized carbons (Fsp3) is 0.444. The Bertz CT molecular complexity index is 554. The molecule has 3 nitrogen and oxygen atoms in total. The van der Waals surface area contributed by atoms with Gasteiger partial charge in [0.1, 0.15) is 5.75 Å². The molecule has 0 amide bonds. The molecular weight excluding hydrogens is 262 g/mol. The molecule has 2 aromatic rings.